The van der Waals surface area contributed by atoms with Crippen molar-refractivity contribution < 1.29 is 18.3 Å². The number of carboxylic acid groups (broad SMARTS) is 1. The number of sulfonamides is 1. The topological polar surface area (TPSA) is 74.7 Å². The van der Waals surface area contributed by atoms with Crippen LogP contribution in [0.2, 0.25) is 5.02 Å². The zero-order chi connectivity index (χ0) is 15.1. The van der Waals surface area contributed by atoms with E-state index in [0.717, 1.165) is 0 Å². The Labute approximate surface area is 130 Å². The number of aliphatic carboxylic acids is 1. The Hall–Kier alpha value is -0.630. The highest BCUT2D eigenvalue weighted by molar-refractivity contribution is 9.10. The van der Waals surface area contributed by atoms with Gasteiger partial charge in [0.2, 0.25) is 10.0 Å². The van der Waals surface area contributed by atoms with Crippen LogP contribution in [0.15, 0.2) is 27.6 Å². The van der Waals surface area contributed by atoms with Crippen LogP contribution < -0.4 is 0 Å². The molecule has 0 aliphatic carbocycles. The molecule has 1 saturated heterocycles. The van der Waals surface area contributed by atoms with E-state index >= 15 is 0 Å². The van der Waals surface area contributed by atoms with E-state index in [9.17, 15) is 13.2 Å². The monoisotopic (exact) mass is 381 g/mol. The molecule has 1 fully saturated rings. The summed E-state index contributed by atoms with van der Waals surface area (Å²) < 4.78 is 27.0. The molecule has 5 nitrogen and oxygen atoms in total. The minimum Gasteiger partial charge on any atom is -0.481 e. The zero-order valence-electron chi connectivity index (χ0n) is 10.6. The molecule has 2 unspecified atom stereocenters. The molecule has 1 aliphatic heterocycles. The average molecular weight is 383 g/mol. The van der Waals surface area contributed by atoms with Crippen molar-refractivity contribution in [1.82, 2.24) is 4.31 Å². The smallest absolute Gasteiger partial charge is 0.308 e. The number of halogens is 2. The Balaban J connectivity index is 2.39. The third-order valence-corrected chi connectivity index (χ3v) is 6.46. The summed E-state index contributed by atoms with van der Waals surface area (Å²) in [5, 5.41) is 9.19. The van der Waals surface area contributed by atoms with Gasteiger partial charge in [-0.2, -0.15) is 4.31 Å². The number of rotatable bonds is 3. The van der Waals surface area contributed by atoms with Gasteiger partial charge in [0.1, 0.15) is 4.90 Å². The molecule has 20 heavy (non-hydrogen) atoms. The van der Waals surface area contributed by atoms with Gasteiger partial charge in [-0.1, -0.05) is 27.5 Å². The lowest BCUT2D eigenvalue weighted by Crippen LogP contribution is -2.37. The van der Waals surface area contributed by atoms with E-state index in [0.29, 0.717) is 10.9 Å². The van der Waals surface area contributed by atoms with Gasteiger partial charge in [0, 0.05) is 17.1 Å². The Morgan fingerprint density at radius 2 is 2.15 bits per heavy atom. The van der Waals surface area contributed by atoms with Crippen molar-refractivity contribution in [3.8, 4) is 0 Å². The van der Waals surface area contributed by atoms with Crippen molar-refractivity contribution in [3.05, 3.63) is 27.7 Å². The van der Waals surface area contributed by atoms with Crippen molar-refractivity contribution in [2.24, 2.45) is 5.92 Å². The van der Waals surface area contributed by atoms with Crippen molar-refractivity contribution in [3.63, 3.8) is 0 Å². The summed E-state index contributed by atoms with van der Waals surface area (Å²) in [6, 6.07) is 3.93. The van der Waals surface area contributed by atoms with E-state index in [-0.39, 0.29) is 16.5 Å². The molecule has 0 saturated carbocycles. The van der Waals surface area contributed by atoms with Gasteiger partial charge in [0.25, 0.3) is 0 Å². The maximum atomic E-state index is 12.6. The van der Waals surface area contributed by atoms with E-state index in [1.165, 1.54) is 16.4 Å². The van der Waals surface area contributed by atoms with Crippen LogP contribution in [0.1, 0.15) is 13.3 Å². The predicted molar refractivity (Wildman–Crippen MR) is 78.2 cm³/mol. The number of benzene rings is 1. The van der Waals surface area contributed by atoms with Crippen LogP contribution in [0.3, 0.4) is 0 Å². The van der Waals surface area contributed by atoms with Crippen LogP contribution in [0, 0.1) is 5.92 Å². The zero-order valence-corrected chi connectivity index (χ0v) is 13.7. The molecule has 1 aliphatic rings. The van der Waals surface area contributed by atoms with E-state index in [4.69, 9.17) is 16.7 Å². The second-order valence-corrected chi connectivity index (χ2v) is 7.85. The lowest BCUT2D eigenvalue weighted by atomic mass is 10.0. The van der Waals surface area contributed by atoms with Gasteiger partial charge in [0.05, 0.1) is 10.9 Å². The van der Waals surface area contributed by atoms with E-state index in [2.05, 4.69) is 15.9 Å². The molecular formula is C12H13BrClNO4S. The molecule has 0 spiro atoms. The number of carbonyl (C=O) groups is 1. The summed E-state index contributed by atoms with van der Waals surface area (Å²) in [5.41, 5.74) is 0. The highest BCUT2D eigenvalue weighted by atomic mass is 79.9. The van der Waals surface area contributed by atoms with Gasteiger partial charge in [-0.05, 0) is 31.5 Å². The maximum absolute atomic E-state index is 12.6. The third-order valence-electron chi connectivity index (χ3n) is 3.49. The average Bonchev–Trinajstić information content (AvgIpc) is 2.71. The molecule has 0 radical (unpaired) electrons. The first-order chi connectivity index (χ1) is 9.25. The number of hydrogen-bond donors (Lipinski definition) is 1. The van der Waals surface area contributed by atoms with Gasteiger partial charge in [-0.15, -0.1) is 0 Å². The van der Waals surface area contributed by atoms with Crippen molar-refractivity contribution in [1.29, 1.82) is 0 Å². The van der Waals surface area contributed by atoms with E-state index in [1.807, 2.05) is 0 Å². The predicted octanol–water partition coefficient (Wildman–Crippen LogP) is 2.59. The molecule has 1 N–H and O–H groups in total. The number of nitrogens with zero attached hydrogens (tertiary/aromatic N) is 1. The molecule has 0 amide bonds. The molecule has 8 heteroatoms. The summed E-state index contributed by atoms with van der Waals surface area (Å²) in [6.45, 7) is 1.79. The fourth-order valence-corrected chi connectivity index (χ4v) is 5.09. The molecule has 2 rings (SSSR count). The molecule has 1 aromatic rings. The summed E-state index contributed by atoms with van der Waals surface area (Å²) >= 11 is 9.20. The minimum absolute atomic E-state index is 0.000237. The summed E-state index contributed by atoms with van der Waals surface area (Å²) in [5.74, 6) is -1.66. The van der Waals surface area contributed by atoms with Gasteiger partial charge in [0.15, 0.2) is 0 Å². The largest absolute Gasteiger partial charge is 0.481 e. The lowest BCUT2D eigenvalue weighted by Gasteiger charge is -2.23. The minimum atomic E-state index is -3.78. The molecule has 2 atom stereocenters. The fourth-order valence-electron chi connectivity index (χ4n) is 2.39. The van der Waals surface area contributed by atoms with Gasteiger partial charge in [-0.3, -0.25) is 4.79 Å². The Morgan fingerprint density at radius 3 is 2.65 bits per heavy atom. The van der Waals surface area contributed by atoms with Gasteiger partial charge < -0.3 is 5.11 Å². The van der Waals surface area contributed by atoms with E-state index < -0.39 is 28.0 Å². The molecular weight excluding hydrogens is 370 g/mol. The van der Waals surface area contributed by atoms with Crippen LogP contribution in [0.5, 0.6) is 0 Å². The van der Waals surface area contributed by atoms with Crippen LogP contribution in [0.4, 0.5) is 0 Å². The third kappa shape index (κ3) is 2.72. The van der Waals surface area contributed by atoms with Crippen molar-refractivity contribution in [2.75, 3.05) is 6.54 Å². The summed E-state index contributed by atoms with van der Waals surface area (Å²) in [7, 11) is -3.78. The van der Waals surface area contributed by atoms with Crippen LogP contribution in [-0.4, -0.2) is 36.4 Å². The summed E-state index contributed by atoms with van der Waals surface area (Å²) in [6.07, 6.45) is 0.309. The molecule has 0 aromatic heterocycles. The fraction of sp³-hybridized carbons (Fsp3) is 0.417. The number of carboxylic acids is 1. The first-order valence-corrected chi connectivity index (χ1v) is 8.56. The quantitative estimate of drug-likeness (QED) is 0.872. The van der Waals surface area contributed by atoms with Crippen molar-refractivity contribution in [2.45, 2.75) is 24.3 Å². The molecule has 1 aromatic carbocycles. The van der Waals surface area contributed by atoms with Gasteiger partial charge in [-0.25, -0.2) is 8.42 Å². The second kappa shape index (κ2) is 5.63. The SMILES string of the molecule is CC1C(C(=O)O)CCN1S(=O)(=O)c1ccc(Br)cc1Cl. The normalized spacial score (nSPS) is 23.9. The number of hydrogen-bond acceptors (Lipinski definition) is 3. The Morgan fingerprint density at radius 1 is 1.50 bits per heavy atom. The highest BCUT2D eigenvalue weighted by Crippen LogP contribution is 2.33. The van der Waals surface area contributed by atoms with Crippen molar-refractivity contribution >= 4 is 43.5 Å². The first kappa shape index (κ1) is 15.8. The Kier molecular flexibility index (Phi) is 4.44. The van der Waals surface area contributed by atoms with E-state index in [1.54, 1.807) is 13.0 Å². The van der Waals surface area contributed by atoms with Gasteiger partial charge >= 0.3 is 5.97 Å². The summed E-state index contributed by atoms with van der Waals surface area (Å²) in [4.78, 5) is 11.1. The maximum Gasteiger partial charge on any atom is 0.308 e. The van der Waals surface area contributed by atoms with Crippen LogP contribution in [0.25, 0.3) is 0 Å². The second-order valence-electron chi connectivity index (χ2n) is 4.66. The first-order valence-electron chi connectivity index (χ1n) is 5.95. The molecule has 110 valence electrons. The molecule has 0 bridgehead atoms. The standard InChI is InChI=1S/C12H13BrClNO4S/c1-7-9(12(16)17)4-5-15(7)20(18,19)11-3-2-8(13)6-10(11)14/h2-3,6-7,9H,4-5H2,1H3,(H,16,17). The van der Waals surface area contributed by atoms with Crippen LogP contribution in [-0.2, 0) is 14.8 Å². The highest BCUT2D eigenvalue weighted by Gasteiger charge is 2.42. The molecule has 1 heterocycles. The lowest BCUT2D eigenvalue weighted by molar-refractivity contribution is -0.142. The van der Waals surface area contributed by atoms with Crippen LogP contribution >= 0.6 is 27.5 Å². The Bertz CT molecular complexity index is 649.